The van der Waals surface area contributed by atoms with E-state index in [0.717, 1.165) is 4.68 Å². The minimum atomic E-state index is -1.09. The summed E-state index contributed by atoms with van der Waals surface area (Å²) >= 11 is 0. The fraction of sp³-hybridized carbons (Fsp3) is 0.400. The number of rotatable bonds is 6. The number of nitrogens with zero attached hydrogens (tertiary/aromatic N) is 3. The second-order valence-corrected chi connectivity index (χ2v) is 5.51. The molecular weight excluding hydrogens is 300 g/mol. The first-order valence-corrected chi connectivity index (χ1v) is 7.25. The standard InChI is InChI=1S/C15H18N4O4/c1-9(2)13(15(22)23)16-12(20)7-8-19-14(21)10-5-3-4-6-11(10)17-18-19/h3-6,9,13H,7-8H2,1-2H3,(H,16,20)(H,22,23)/t13-/m1/s1. The van der Waals surface area contributed by atoms with Gasteiger partial charge in [0.1, 0.15) is 11.6 Å². The third-order valence-electron chi connectivity index (χ3n) is 3.43. The second kappa shape index (κ2) is 6.99. The van der Waals surface area contributed by atoms with E-state index in [1.165, 1.54) is 0 Å². The monoisotopic (exact) mass is 318 g/mol. The molecule has 8 nitrogen and oxygen atoms in total. The van der Waals surface area contributed by atoms with Gasteiger partial charge < -0.3 is 10.4 Å². The quantitative estimate of drug-likeness (QED) is 0.797. The summed E-state index contributed by atoms with van der Waals surface area (Å²) in [4.78, 5) is 35.1. The molecule has 0 aliphatic carbocycles. The molecule has 8 heteroatoms. The fourth-order valence-electron chi connectivity index (χ4n) is 2.14. The van der Waals surface area contributed by atoms with Gasteiger partial charge in [0.25, 0.3) is 5.56 Å². The van der Waals surface area contributed by atoms with Crippen LogP contribution in [0.15, 0.2) is 29.1 Å². The lowest BCUT2D eigenvalue weighted by Gasteiger charge is -2.17. The Hall–Kier alpha value is -2.77. The average molecular weight is 318 g/mol. The van der Waals surface area contributed by atoms with Crippen LogP contribution in [0.3, 0.4) is 0 Å². The number of carboxylic acids is 1. The summed E-state index contributed by atoms with van der Waals surface area (Å²) in [5.74, 6) is -1.77. The van der Waals surface area contributed by atoms with E-state index in [1.807, 2.05) is 0 Å². The van der Waals surface area contributed by atoms with Gasteiger partial charge in [-0.1, -0.05) is 31.2 Å². The maximum atomic E-state index is 12.2. The Bertz CT molecular complexity index is 784. The number of aromatic nitrogens is 3. The number of carbonyl (C=O) groups excluding carboxylic acids is 1. The number of aryl methyl sites for hydroxylation is 1. The molecule has 0 aliphatic rings. The molecule has 0 unspecified atom stereocenters. The highest BCUT2D eigenvalue weighted by molar-refractivity contribution is 5.83. The maximum absolute atomic E-state index is 12.2. The van der Waals surface area contributed by atoms with Crippen molar-refractivity contribution in [1.82, 2.24) is 20.3 Å². The lowest BCUT2D eigenvalue weighted by molar-refractivity contribution is -0.143. The molecule has 2 aromatic rings. The molecule has 1 amide bonds. The van der Waals surface area contributed by atoms with Crippen LogP contribution in [-0.2, 0) is 16.1 Å². The molecule has 0 fully saturated rings. The molecular formula is C15H18N4O4. The van der Waals surface area contributed by atoms with E-state index in [9.17, 15) is 14.4 Å². The van der Waals surface area contributed by atoms with E-state index in [2.05, 4.69) is 15.6 Å². The zero-order valence-electron chi connectivity index (χ0n) is 12.9. The minimum absolute atomic E-state index is 0.0347. The first-order valence-electron chi connectivity index (χ1n) is 7.25. The number of carboxylic acid groups (broad SMARTS) is 1. The summed E-state index contributed by atoms with van der Waals surface area (Å²) in [7, 11) is 0. The molecule has 1 atom stereocenters. The van der Waals surface area contributed by atoms with Crippen LogP contribution in [0.2, 0.25) is 0 Å². The number of hydrogen-bond acceptors (Lipinski definition) is 5. The van der Waals surface area contributed by atoms with Crippen molar-refractivity contribution >= 4 is 22.8 Å². The van der Waals surface area contributed by atoms with Crippen molar-refractivity contribution in [3.8, 4) is 0 Å². The van der Waals surface area contributed by atoms with E-state index in [0.29, 0.717) is 10.9 Å². The molecule has 2 rings (SSSR count). The van der Waals surface area contributed by atoms with Crippen LogP contribution in [0.25, 0.3) is 10.9 Å². The summed E-state index contributed by atoms with van der Waals surface area (Å²) in [6.07, 6.45) is -0.0522. The van der Waals surface area contributed by atoms with Gasteiger partial charge in [0.2, 0.25) is 5.91 Å². The van der Waals surface area contributed by atoms with Gasteiger partial charge in [0, 0.05) is 6.42 Å². The molecule has 1 heterocycles. The Balaban J connectivity index is 2.06. The lowest BCUT2D eigenvalue weighted by Crippen LogP contribution is -2.44. The minimum Gasteiger partial charge on any atom is -0.480 e. The zero-order chi connectivity index (χ0) is 17.0. The van der Waals surface area contributed by atoms with Crippen molar-refractivity contribution in [3.63, 3.8) is 0 Å². The lowest BCUT2D eigenvalue weighted by atomic mass is 10.0. The van der Waals surface area contributed by atoms with Crippen LogP contribution >= 0.6 is 0 Å². The van der Waals surface area contributed by atoms with E-state index < -0.39 is 17.9 Å². The normalized spacial score (nSPS) is 12.3. The van der Waals surface area contributed by atoms with Crippen LogP contribution in [0.5, 0.6) is 0 Å². The van der Waals surface area contributed by atoms with Crippen LogP contribution in [-0.4, -0.2) is 38.0 Å². The highest BCUT2D eigenvalue weighted by Crippen LogP contribution is 2.04. The number of benzene rings is 1. The van der Waals surface area contributed by atoms with Crippen molar-refractivity contribution in [2.75, 3.05) is 0 Å². The number of amides is 1. The third kappa shape index (κ3) is 3.91. The van der Waals surface area contributed by atoms with E-state index in [1.54, 1.807) is 38.1 Å². The largest absolute Gasteiger partial charge is 0.480 e. The smallest absolute Gasteiger partial charge is 0.326 e. The SMILES string of the molecule is CC(C)[C@@H](NC(=O)CCn1nnc2ccccc2c1=O)C(=O)O. The van der Waals surface area contributed by atoms with Gasteiger partial charge in [-0.05, 0) is 18.1 Å². The summed E-state index contributed by atoms with van der Waals surface area (Å²) in [5, 5.41) is 19.6. The Labute approximate surface area is 132 Å². The number of hydrogen-bond donors (Lipinski definition) is 2. The van der Waals surface area contributed by atoms with Crippen LogP contribution in [0.4, 0.5) is 0 Å². The average Bonchev–Trinajstić information content (AvgIpc) is 2.51. The first kappa shape index (κ1) is 16.6. The molecule has 0 spiro atoms. The van der Waals surface area contributed by atoms with Gasteiger partial charge in [-0.2, -0.15) is 0 Å². The summed E-state index contributed by atoms with van der Waals surface area (Å²) in [6.45, 7) is 3.45. The predicted molar refractivity (Wildman–Crippen MR) is 82.8 cm³/mol. The number of carbonyl (C=O) groups is 2. The molecule has 0 saturated carbocycles. The van der Waals surface area contributed by atoms with Crippen molar-refractivity contribution < 1.29 is 14.7 Å². The number of nitrogens with one attached hydrogen (secondary N) is 1. The summed E-state index contributed by atoms with van der Waals surface area (Å²) in [6, 6.07) is 5.85. The van der Waals surface area contributed by atoms with Gasteiger partial charge in [-0.15, -0.1) is 5.10 Å². The van der Waals surface area contributed by atoms with Gasteiger partial charge >= 0.3 is 5.97 Å². The first-order chi connectivity index (χ1) is 10.9. The van der Waals surface area contributed by atoms with Gasteiger partial charge in [-0.3, -0.25) is 9.59 Å². The molecule has 122 valence electrons. The van der Waals surface area contributed by atoms with E-state index in [-0.39, 0.29) is 24.4 Å². The molecule has 0 radical (unpaired) electrons. The molecule has 1 aromatic heterocycles. The molecule has 0 aliphatic heterocycles. The van der Waals surface area contributed by atoms with Gasteiger partial charge in [0.05, 0.1) is 11.9 Å². The van der Waals surface area contributed by atoms with Crippen molar-refractivity contribution in [1.29, 1.82) is 0 Å². The van der Waals surface area contributed by atoms with Crippen LogP contribution in [0.1, 0.15) is 20.3 Å². The van der Waals surface area contributed by atoms with Crippen molar-refractivity contribution in [2.24, 2.45) is 5.92 Å². The second-order valence-electron chi connectivity index (χ2n) is 5.51. The van der Waals surface area contributed by atoms with Crippen LogP contribution in [0, 0.1) is 5.92 Å². The number of aliphatic carboxylic acids is 1. The fourth-order valence-corrected chi connectivity index (χ4v) is 2.14. The molecule has 2 N–H and O–H groups in total. The Morgan fingerprint density at radius 3 is 2.65 bits per heavy atom. The summed E-state index contributed by atoms with van der Waals surface area (Å²) in [5.41, 5.74) is 0.158. The predicted octanol–water partition coefficient (Wildman–Crippen LogP) is 0.407. The Morgan fingerprint density at radius 1 is 1.30 bits per heavy atom. The molecule has 0 bridgehead atoms. The topological polar surface area (TPSA) is 114 Å². The number of fused-ring (bicyclic) bond motifs is 1. The molecule has 0 saturated heterocycles. The Kier molecular flexibility index (Phi) is 5.05. The third-order valence-corrected chi connectivity index (χ3v) is 3.43. The zero-order valence-corrected chi connectivity index (χ0v) is 12.9. The highest BCUT2D eigenvalue weighted by Gasteiger charge is 2.23. The molecule has 1 aromatic carbocycles. The van der Waals surface area contributed by atoms with E-state index >= 15 is 0 Å². The maximum Gasteiger partial charge on any atom is 0.326 e. The van der Waals surface area contributed by atoms with Crippen LogP contribution < -0.4 is 10.9 Å². The van der Waals surface area contributed by atoms with Gasteiger partial charge in [0.15, 0.2) is 0 Å². The van der Waals surface area contributed by atoms with Crippen molar-refractivity contribution in [3.05, 3.63) is 34.6 Å². The van der Waals surface area contributed by atoms with Crippen molar-refractivity contribution in [2.45, 2.75) is 32.9 Å². The van der Waals surface area contributed by atoms with E-state index in [4.69, 9.17) is 5.11 Å². The van der Waals surface area contributed by atoms with Gasteiger partial charge in [-0.25, -0.2) is 9.48 Å². The summed E-state index contributed by atoms with van der Waals surface area (Å²) < 4.78 is 1.10. The molecule has 23 heavy (non-hydrogen) atoms. The Morgan fingerprint density at radius 2 is 2.00 bits per heavy atom. The highest BCUT2D eigenvalue weighted by atomic mass is 16.4.